The molecule has 0 aliphatic heterocycles. The minimum absolute atomic E-state index is 0.00981. The molecule has 2 aliphatic carbocycles. The van der Waals surface area contributed by atoms with Gasteiger partial charge >= 0.3 is 0 Å². The van der Waals surface area contributed by atoms with Gasteiger partial charge in [-0.2, -0.15) is 0 Å². The Morgan fingerprint density at radius 3 is 2.30 bits per heavy atom. The molecule has 3 aromatic rings. The molecule has 0 unspecified atom stereocenters. The molecule has 0 radical (unpaired) electrons. The Balaban J connectivity index is 1.67. The molecule has 0 bridgehead atoms. The smallest absolute Gasteiger partial charge is 0.167 e. The molecule has 4 nitrogen and oxygen atoms in total. The first-order valence-electron chi connectivity index (χ1n) is 10.6. The number of benzene rings is 2. The third kappa shape index (κ3) is 3.07. The van der Waals surface area contributed by atoms with Crippen molar-refractivity contribution >= 4 is 28.5 Å². The third-order valence-corrected chi connectivity index (χ3v) is 6.74. The van der Waals surface area contributed by atoms with Crippen molar-refractivity contribution in [1.29, 1.82) is 0 Å². The van der Waals surface area contributed by atoms with E-state index in [9.17, 15) is 9.59 Å². The highest BCUT2D eigenvalue weighted by atomic mass is 16.5. The van der Waals surface area contributed by atoms with Gasteiger partial charge in [-0.25, -0.2) is 0 Å². The number of rotatable bonds is 3. The minimum Gasteiger partial charge on any atom is -0.495 e. The highest BCUT2D eigenvalue weighted by Crippen LogP contribution is 2.48. The number of H-pyrrole nitrogens is 1. The molecule has 4 heteroatoms. The van der Waals surface area contributed by atoms with Gasteiger partial charge in [0.25, 0.3) is 0 Å². The van der Waals surface area contributed by atoms with Crippen LogP contribution >= 0.6 is 0 Å². The van der Waals surface area contributed by atoms with Crippen molar-refractivity contribution in [3.05, 3.63) is 59.7 Å². The fourth-order valence-corrected chi connectivity index (χ4v) is 5.24. The summed E-state index contributed by atoms with van der Waals surface area (Å²) in [6, 6.07) is 15.8. The normalized spacial score (nSPS) is 18.4. The monoisotopic (exact) mass is 399 g/mol. The topological polar surface area (TPSA) is 59.2 Å². The summed E-state index contributed by atoms with van der Waals surface area (Å²) in [6.45, 7) is 0. The number of fused-ring (bicyclic) bond motifs is 1. The first-order chi connectivity index (χ1) is 14.6. The lowest BCUT2D eigenvalue weighted by atomic mass is 9.70. The molecule has 2 aliphatic rings. The molecule has 1 aromatic heterocycles. The number of carbonyl (C=O) groups excluding carboxylic acids is 2. The number of hydrogen-bond acceptors (Lipinski definition) is 3. The van der Waals surface area contributed by atoms with Crippen LogP contribution in [0.2, 0.25) is 0 Å². The van der Waals surface area contributed by atoms with Gasteiger partial charge in [-0.05, 0) is 36.0 Å². The Hall–Kier alpha value is -3.14. The lowest BCUT2D eigenvalue weighted by Crippen LogP contribution is -2.33. The summed E-state index contributed by atoms with van der Waals surface area (Å²) in [5, 5.41) is 0.947. The van der Waals surface area contributed by atoms with E-state index in [1.54, 1.807) is 7.11 Å². The number of methoxy groups -OCH3 is 1. The van der Waals surface area contributed by atoms with Crippen molar-refractivity contribution in [2.24, 2.45) is 5.41 Å². The molecule has 5 rings (SSSR count). The Labute approximate surface area is 175 Å². The van der Waals surface area contributed by atoms with Crippen molar-refractivity contribution < 1.29 is 14.3 Å². The van der Waals surface area contributed by atoms with Crippen molar-refractivity contribution in [3.63, 3.8) is 0 Å². The molecule has 1 N–H and O–H groups in total. The Morgan fingerprint density at radius 1 is 0.933 bits per heavy atom. The Bertz CT molecular complexity index is 1140. The number of ketones is 2. The van der Waals surface area contributed by atoms with Crippen LogP contribution in [0, 0.1) is 5.41 Å². The van der Waals surface area contributed by atoms with Gasteiger partial charge in [0.05, 0.1) is 23.9 Å². The van der Waals surface area contributed by atoms with E-state index in [1.807, 2.05) is 54.6 Å². The molecule has 1 spiro atoms. The average Bonchev–Trinajstić information content (AvgIpc) is 3.35. The molecular formula is C26H25NO3. The van der Waals surface area contributed by atoms with Crippen molar-refractivity contribution in [3.8, 4) is 17.0 Å². The van der Waals surface area contributed by atoms with Gasteiger partial charge in [-0.3, -0.25) is 9.59 Å². The highest BCUT2D eigenvalue weighted by Gasteiger charge is 2.43. The number of aromatic amines is 1. The third-order valence-electron chi connectivity index (χ3n) is 6.74. The van der Waals surface area contributed by atoms with Gasteiger partial charge in [-0.15, -0.1) is 0 Å². The molecule has 2 saturated carbocycles. The van der Waals surface area contributed by atoms with E-state index in [0.29, 0.717) is 18.4 Å². The fourth-order valence-electron chi connectivity index (χ4n) is 5.24. The summed E-state index contributed by atoms with van der Waals surface area (Å²) in [7, 11) is 1.64. The van der Waals surface area contributed by atoms with Crippen molar-refractivity contribution in [2.45, 2.75) is 38.5 Å². The Morgan fingerprint density at radius 2 is 1.63 bits per heavy atom. The first-order valence-corrected chi connectivity index (χ1v) is 10.6. The van der Waals surface area contributed by atoms with Gasteiger partial charge in [0.2, 0.25) is 0 Å². The average molecular weight is 399 g/mol. The summed E-state index contributed by atoms with van der Waals surface area (Å²) < 4.78 is 5.54. The molecule has 0 amide bonds. The lowest BCUT2D eigenvalue weighted by molar-refractivity contribution is -0.128. The molecule has 30 heavy (non-hydrogen) atoms. The standard InChI is InChI=1S/C26H25NO3/c1-30-23-11-7-10-18-19(24(27-25(18)23)17-8-3-2-4-9-17)14-20-21(28)15-26(16-22(20)29)12-5-6-13-26/h2-4,7-11,14,27H,5-6,12-13,15-16H2,1H3. The zero-order chi connectivity index (χ0) is 20.7. The van der Waals surface area contributed by atoms with Gasteiger partial charge < -0.3 is 9.72 Å². The quantitative estimate of drug-likeness (QED) is 0.453. The first kappa shape index (κ1) is 18.9. The number of allylic oxidation sites excluding steroid dienone is 1. The largest absolute Gasteiger partial charge is 0.495 e. The van der Waals surface area contributed by atoms with E-state index < -0.39 is 0 Å². The van der Waals surface area contributed by atoms with E-state index >= 15 is 0 Å². The van der Waals surface area contributed by atoms with Crippen LogP contribution in [0.5, 0.6) is 5.75 Å². The maximum absolute atomic E-state index is 13.1. The second-order valence-electron chi connectivity index (χ2n) is 8.63. The number of nitrogens with one attached hydrogen (secondary N) is 1. The summed E-state index contributed by atoms with van der Waals surface area (Å²) in [4.78, 5) is 29.6. The van der Waals surface area contributed by atoms with Crippen LogP contribution in [0.25, 0.3) is 28.2 Å². The predicted molar refractivity (Wildman–Crippen MR) is 118 cm³/mol. The van der Waals surface area contributed by atoms with E-state index in [1.165, 1.54) is 0 Å². The maximum Gasteiger partial charge on any atom is 0.167 e. The van der Waals surface area contributed by atoms with Crippen LogP contribution in [0.3, 0.4) is 0 Å². The molecule has 0 saturated heterocycles. The number of carbonyl (C=O) groups is 2. The predicted octanol–water partition coefficient (Wildman–Crippen LogP) is 5.72. The van der Waals surface area contributed by atoms with Crippen LogP contribution in [-0.2, 0) is 9.59 Å². The van der Waals surface area contributed by atoms with Gasteiger partial charge in [0, 0.05) is 23.8 Å². The number of Topliss-reactive ketones (excluding diaryl/α,β-unsaturated/α-hetero) is 2. The van der Waals surface area contributed by atoms with Crippen molar-refractivity contribution in [2.75, 3.05) is 7.11 Å². The number of aromatic nitrogens is 1. The van der Waals surface area contributed by atoms with Crippen LogP contribution in [0.15, 0.2) is 54.1 Å². The summed E-state index contributed by atoms with van der Waals surface area (Å²) in [6.07, 6.45) is 7.05. The van der Waals surface area contributed by atoms with Crippen LogP contribution in [-0.4, -0.2) is 23.7 Å². The number of ether oxygens (including phenoxy) is 1. The van der Waals surface area contributed by atoms with E-state index in [2.05, 4.69) is 4.98 Å². The van der Waals surface area contributed by atoms with E-state index in [0.717, 1.165) is 59.2 Å². The summed E-state index contributed by atoms with van der Waals surface area (Å²) in [5.41, 5.74) is 3.89. The molecule has 2 fully saturated rings. The minimum atomic E-state index is -0.0861. The lowest BCUT2D eigenvalue weighted by Gasteiger charge is -2.32. The number of hydrogen-bond donors (Lipinski definition) is 1. The SMILES string of the molecule is COc1cccc2c(C=C3C(=O)CC4(CCCC4)CC3=O)c(-c3ccccc3)[nH]c12. The number of para-hydroxylation sites is 1. The molecular weight excluding hydrogens is 374 g/mol. The van der Waals surface area contributed by atoms with Gasteiger partial charge in [0.1, 0.15) is 5.75 Å². The molecule has 1 heterocycles. The highest BCUT2D eigenvalue weighted by molar-refractivity contribution is 6.26. The van der Waals surface area contributed by atoms with E-state index in [4.69, 9.17) is 4.74 Å². The zero-order valence-corrected chi connectivity index (χ0v) is 17.2. The summed E-state index contributed by atoms with van der Waals surface area (Å²) >= 11 is 0. The fraction of sp³-hybridized carbons (Fsp3) is 0.308. The van der Waals surface area contributed by atoms with Crippen molar-refractivity contribution in [1.82, 2.24) is 4.98 Å². The van der Waals surface area contributed by atoms with Gasteiger partial charge in [0.15, 0.2) is 11.6 Å². The Kier molecular flexibility index (Phi) is 4.58. The second-order valence-corrected chi connectivity index (χ2v) is 8.63. The van der Waals surface area contributed by atoms with Gasteiger partial charge in [-0.1, -0.05) is 55.3 Å². The van der Waals surface area contributed by atoms with Crippen LogP contribution in [0.1, 0.15) is 44.1 Å². The second kappa shape index (κ2) is 7.28. The maximum atomic E-state index is 13.1. The van der Waals surface area contributed by atoms with Crippen LogP contribution < -0.4 is 4.74 Å². The summed E-state index contributed by atoms with van der Waals surface area (Å²) in [5.74, 6) is 0.717. The zero-order valence-electron chi connectivity index (χ0n) is 17.2. The molecule has 152 valence electrons. The molecule has 2 aromatic carbocycles. The van der Waals surface area contributed by atoms with E-state index in [-0.39, 0.29) is 17.0 Å². The van der Waals surface area contributed by atoms with Crippen LogP contribution in [0.4, 0.5) is 0 Å². The molecule has 0 atom stereocenters.